The Morgan fingerprint density at radius 2 is 1.60 bits per heavy atom. The van der Waals surface area contributed by atoms with Crippen molar-refractivity contribution in [2.75, 3.05) is 57.3 Å². The number of nitrogens with one attached hydrogen (secondary N) is 2. The van der Waals surface area contributed by atoms with E-state index in [0.29, 0.717) is 52.2 Å². The first-order valence-electron chi connectivity index (χ1n) is 21.5. The van der Waals surface area contributed by atoms with Crippen LogP contribution in [0.4, 0.5) is 5.69 Å². The molecule has 3 saturated heterocycles. The Morgan fingerprint density at radius 3 is 2.27 bits per heavy atom. The molecule has 4 amide bonds. The molecule has 0 bridgehead atoms. The van der Waals surface area contributed by atoms with Crippen molar-refractivity contribution in [3.63, 3.8) is 0 Å². The highest BCUT2D eigenvalue weighted by Gasteiger charge is 2.64. The van der Waals surface area contributed by atoms with Gasteiger partial charge in [0.25, 0.3) is 23.3 Å². The number of nitriles is 1. The molecule has 2 N–H and O–H groups in total. The molecule has 1 unspecified atom stereocenters. The largest absolute Gasteiger partial charge is 0.489 e. The number of carbonyl (C=O) groups excluding carboxylic acids is 4. The molecule has 330 valence electrons. The third-order valence-corrected chi connectivity index (χ3v) is 13.6. The lowest BCUT2D eigenvalue weighted by Gasteiger charge is -2.63. The van der Waals surface area contributed by atoms with E-state index in [1.54, 1.807) is 30.3 Å². The van der Waals surface area contributed by atoms with Gasteiger partial charge < -0.3 is 24.6 Å². The Morgan fingerprint density at radius 1 is 0.905 bits per heavy atom. The van der Waals surface area contributed by atoms with E-state index in [9.17, 15) is 29.2 Å². The normalized spacial score (nSPS) is 22.4. The minimum atomic E-state index is -0.932. The number of piperazine rings is 1. The maximum absolute atomic E-state index is 13.5. The number of likely N-dealkylation sites (tertiary alicyclic amines) is 1. The molecule has 17 heteroatoms. The van der Waals surface area contributed by atoms with Crippen molar-refractivity contribution in [1.29, 1.82) is 5.26 Å². The van der Waals surface area contributed by atoms with Crippen LogP contribution in [0.25, 0.3) is 10.9 Å². The Hall–Kier alpha value is -6.05. The van der Waals surface area contributed by atoms with Crippen molar-refractivity contribution in [2.24, 2.45) is 16.7 Å². The number of fused-ring (bicyclic) bond motifs is 1. The summed E-state index contributed by atoms with van der Waals surface area (Å²) in [6.07, 6.45) is 1.87. The Kier molecular flexibility index (Phi) is 12.2. The molecule has 4 aliphatic rings. The number of benzene rings is 3. The number of anilines is 1. The number of carbonyl (C=O) groups is 4. The Labute approximate surface area is 370 Å². The third kappa shape index (κ3) is 8.94. The van der Waals surface area contributed by atoms with Gasteiger partial charge in [0.1, 0.15) is 35.2 Å². The standard InChI is InChI=1S/C46H52ClN9O7/c1-45(2)43(46(3,4)44(45)63-33-10-7-30(25-48)35(47)24-33)50-40(59)29-5-8-31(9-6-29)54-21-19-53(20-22-54)26-28-15-17-55(18-16-28)39(58)27-62-32-11-12-36-34(23-32)42(61)56(52-51-36)37-13-14-38(57)49-41(37)60/h5-12,23-24,28,37,43-44H,13-22,26-27H2,1-4H3,(H,50,59)(H,49,57,60). The van der Waals surface area contributed by atoms with E-state index >= 15 is 0 Å². The predicted octanol–water partition coefficient (Wildman–Crippen LogP) is 4.35. The molecular weight excluding hydrogens is 826 g/mol. The average Bonchev–Trinajstić information content (AvgIpc) is 3.27. The highest BCUT2D eigenvalue weighted by molar-refractivity contribution is 6.31. The van der Waals surface area contributed by atoms with E-state index in [-0.39, 0.29) is 59.6 Å². The third-order valence-electron chi connectivity index (χ3n) is 13.3. The summed E-state index contributed by atoms with van der Waals surface area (Å²) in [4.78, 5) is 70.5. The fraction of sp³-hybridized carbons (Fsp3) is 0.478. The number of nitrogens with zero attached hydrogens (tertiary/aromatic N) is 7. The number of hydrogen-bond donors (Lipinski definition) is 2. The lowest BCUT2D eigenvalue weighted by atomic mass is 9.49. The van der Waals surface area contributed by atoms with Gasteiger partial charge >= 0.3 is 0 Å². The molecule has 3 aliphatic heterocycles. The predicted molar refractivity (Wildman–Crippen MR) is 235 cm³/mol. The van der Waals surface area contributed by atoms with Crippen LogP contribution in [0.15, 0.2) is 65.5 Å². The number of ether oxygens (including phenoxy) is 2. The van der Waals surface area contributed by atoms with Gasteiger partial charge in [-0.05, 0) is 79.8 Å². The van der Waals surface area contributed by atoms with Crippen LogP contribution in [0.1, 0.15) is 75.3 Å². The maximum atomic E-state index is 13.5. The second-order valence-corrected chi connectivity index (χ2v) is 18.6. The van der Waals surface area contributed by atoms with Crippen molar-refractivity contribution < 1.29 is 28.7 Å². The number of amides is 4. The van der Waals surface area contributed by atoms with Gasteiger partial charge in [-0.3, -0.25) is 34.2 Å². The maximum Gasteiger partial charge on any atom is 0.278 e. The van der Waals surface area contributed by atoms with Crippen LogP contribution in [-0.4, -0.2) is 113 Å². The zero-order valence-corrected chi connectivity index (χ0v) is 36.7. The summed E-state index contributed by atoms with van der Waals surface area (Å²) in [5.41, 5.74) is 1.16. The van der Waals surface area contributed by atoms with Gasteiger partial charge in [0.2, 0.25) is 5.91 Å². The van der Waals surface area contributed by atoms with Crippen molar-refractivity contribution in [3.05, 3.63) is 87.2 Å². The summed E-state index contributed by atoms with van der Waals surface area (Å²) in [6.45, 7) is 14.1. The number of piperidine rings is 2. The smallest absolute Gasteiger partial charge is 0.278 e. The molecule has 1 saturated carbocycles. The quantitative estimate of drug-likeness (QED) is 0.203. The van der Waals surface area contributed by atoms with Gasteiger partial charge in [-0.25, -0.2) is 0 Å². The number of rotatable bonds is 11. The van der Waals surface area contributed by atoms with E-state index in [1.807, 2.05) is 29.2 Å². The van der Waals surface area contributed by atoms with Crippen LogP contribution in [-0.2, 0) is 14.4 Å². The van der Waals surface area contributed by atoms with Crippen LogP contribution < -0.4 is 30.6 Å². The summed E-state index contributed by atoms with van der Waals surface area (Å²) in [5, 5.41) is 23.3. The SMILES string of the molecule is CC1(C)C(NC(=O)c2ccc(N3CCN(CC4CCN(C(=O)COc5ccc6nnn(C7CCC(=O)NC7=O)c(=O)c6c5)CC4)CC3)cc2)C(C)(C)C1Oc1ccc(C#N)c(Cl)c1. The van der Waals surface area contributed by atoms with E-state index < -0.39 is 23.4 Å². The minimum Gasteiger partial charge on any atom is -0.489 e. The molecule has 1 aliphatic carbocycles. The highest BCUT2D eigenvalue weighted by Crippen LogP contribution is 2.55. The molecule has 0 radical (unpaired) electrons. The van der Waals surface area contributed by atoms with Crippen molar-refractivity contribution in [1.82, 2.24) is 35.4 Å². The second kappa shape index (κ2) is 17.6. The lowest BCUT2D eigenvalue weighted by molar-refractivity contribution is -0.164. The molecule has 16 nitrogen and oxygen atoms in total. The fourth-order valence-corrected chi connectivity index (χ4v) is 10.2. The molecule has 4 heterocycles. The second-order valence-electron chi connectivity index (χ2n) is 18.2. The Balaban J connectivity index is 0.761. The molecular formula is C46H52ClN9O7. The summed E-state index contributed by atoms with van der Waals surface area (Å²) < 4.78 is 13.2. The summed E-state index contributed by atoms with van der Waals surface area (Å²) in [7, 11) is 0. The molecule has 0 spiro atoms. The van der Waals surface area contributed by atoms with Gasteiger partial charge in [0, 0.05) is 86.4 Å². The minimum absolute atomic E-state index is 0.101. The number of halogens is 1. The molecule has 8 rings (SSSR count). The van der Waals surface area contributed by atoms with Crippen LogP contribution in [0, 0.1) is 28.1 Å². The average molecular weight is 878 g/mol. The van der Waals surface area contributed by atoms with Gasteiger partial charge in [-0.15, -0.1) is 5.10 Å². The van der Waals surface area contributed by atoms with Crippen molar-refractivity contribution in [2.45, 2.75) is 71.6 Å². The number of aromatic nitrogens is 3. The molecule has 63 heavy (non-hydrogen) atoms. The fourth-order valence-electron chi connectivity index (χ4n) is 10.0. The first-order chi connectivity index (χ1) is 30.1. The van der Waals surface area contributed by atoms with Gasteiger partial charge in [-0.1, -0.05) is 44.5 Å². The van der Waals surface area contributed by atoms with E-state index in [4.69, 9.17) is 21.1 Å². The van der Waals surface area contributed by atoms with E-state index in [1.165, 1.54) is 6.07 Å². The van der Waals surface area contributed by atoms with Crippen molar-refractivity contribution >= 4 is 51.8 Å². The zero-order chi connectivity index (χ0) is 44.6. The summed E-state index contributed by atoms with van der Waals surface area (Å²) in [5.74, 6) is 0.171. The topological polar surface area (TPSA) is 192 Å². The number of imide groups is 1. The highest BCUT2D eigenvalue weighted by atomic mass is 35.5. The molecule has 4 aromatic rings. The lowest BCUT2D eigenvalue weighted by Crippen LogP contribution is -2.74. The first kappa shape index (κ1) is 43.6. The van der Waals surface area contributed by atoms with Crippen LogP contribution >= 0.6 is 11.6 Å². The molecule has 4 fully saturated rings. The van der Waals surface area contributed by atoms with Crippen LogP contribution in [0.3, 0.4) is 0 Å². The Bertz CT molecular complexity index is 2510. The molecule has 1 aromatic heterocycles. The van der Waals surface area contributed by atoms with Crippen LogP contribution in [0.2, 0.25) is 5.02 Å². The van der Waals surface area contributed by atoms with Crippen LogP contribution in [0.5, 0.6) is 11.5 Å². The van der Waals surface area contributed by atoms with Gasteiger partial charge in [-0.2, -0.15) is 9.94 Å². The molecule has 1 atom stereocenters. The van der Waals surface area contributed by atoms with E-state index in [0.717, 1.165) is 55.9 Å². The zero-order valence-electron chi connectivity index (χ0n) is 35.9. The summed E-state index contributed by atoms with van der Waals surface area (Å²) >= 11 is 6.25. The van der Waals surface area contributed by atoms with E-state index in [2.05, 4.69) is 64.5 Å². The summed E-state index contributed by atoms with van der Waals surface area (Å²) in [6, 6.07) is 18.6. The monoisotopic (exact) mass is 877 g/mol. The van der Waals surface area contributed by atoms with Gasteiger partial charge in [0.05, 0.1) is 16.0 Å². The molecule has 3 aromatic carbocycles. The number of hydrogen-bond acceptors (Lipinski definition) is 12. The first-order valence-corrected chi connectivity index (χ1v) is 21.9. The van der Waals surface area contributed by atoms with Gasteiger partial charge in [0.15, 0.2) is 6.61 Å². The van der Waals surface area contributed by atoms with Crippen molar-refractivity contribution in [3.8, 4) is 17.6 Å².